The maximum absolute atomic E-state index is 12.3. The molecule has 0 bridgehead atoms. The summed E-state index contributed by atoms with van der Waals surface area (Å²) >= 11 is 0. The van der Waals surface area contributed by atoms with Gasteiger partial charge in [0.1, 0.15) is 5.78 Å². The van der Waals surface area contributed by atoms with E-state index in [9.17, 15) is 14.7 Å². The summed E-state index contributed by atoms with van der Waals surface area (Å²) in [7, 11) is 0. The Balaban J connectivity index is 2.37. The van der Waals surface area contributed by atoms with E-state index in [-0.39, 0.29) is 11.8 Å². The molecule has 4 nitrogen and oxygen atoms in total. The van der Waals surface area contributed by atoms with Gasteiger partial charge in [0.05, 0.1) is 17.6 Å². The zero-order valence-corrected chi connectivity index (χ0v) is 11.2. The molecule has 2 saturated carbocycles. The minimum atomic E-state index is -1.18. The largest absolute Gasteiger partial charge is 0.465 e. The van der Waals surface area contributed by atoms with Crippen molar-refractivity contribution in [3.63, 3.8) is 0 Å². The molecule has 2 fully saturated rings. The van der Waals surface area contributed by atoms with Crippen LogP contribution in [-0.2, 0) is 14.3 Å². The van der Waals surface area contributed by atoms with E-state index in [2.05, 4.69) is 0 Å². The first kappa shape index (κ1) is 13.5. The third-order valence-corrected chi connectivity index (χ3v) is 4.83. The van der Waals surface area contributed by atoms with Crippen LogP contribution in [0.15, 0.2) is 0 Å². The maximum Gasteiger partial charge on any atom is 0.315 e. The Kier molecular flexibility index (Phi) is 3.49. The van der Waals surface area contributed by atoms with Crippen molar-refractivity contribution in [1.29, 1.82) is 0 Å². The second-order valence-electron chi connectivity index (χ2n) is 5.64. The predicted molar refractivity (Wildman–Crippen MR) is 65.9 cm³/mol. The van der Waals surface area contributed by atoms with Crippen LogP contribution in [0.25, 0.3) is 0 Å². The topological polar surface area (TPSA) is 63.6 Å². The first-order valence-corrected chi connectivity index (χ1v) is 6.88. The third-order valence-electron chi connectivity index (χ3n) is 4.83. The van der Waals surface area contributed by atoms with Gasteiger partial charge in [-0.05, 0) is 39.5 Å². The molecule has 1 N–H and O–H groups in total. The summed E-state index contributed by atoms with van der Waals surface area (Å²) in [6, 6.07) is 0. The summed E-state index contributed by atoms with van der Waals surface area (Å²) in [6.45, 7) is 3.60. The fourth-order valence-electron chi connectivity index (χ4n) is 3.95. The first-order valence-electron chi connectivity index (χ1n) is 6.88. The number of fused-ring (bicyclic) bond motifs is 1. The standard InChI is InChI=1S/C14H22O4/c1-3-18-12(16)13-7-4-5-8-14(13,17)11(6-9-13)10(2)15/h11,17H,3-9H2,1-2H3/t11-,13+,14+/m1/s1. The van der Waals surface area contributed by atoms with E-state index in [1.807, 2.05) is 0 Å². The van der Waals surface area contributed by atoms with Gasteiger partial charge < -0.3 is 9.84 Å². The number of aliphatic hydroxyl groups is 1. The highest BCUT2D eigenvalue weighted by atomic mass is 16.5. The normalized spacial score (nSPS) is 39.2. The van der Waals surface area contributed by atoms with Crippen LogP contribution in [0, 0.1) is 11.3 Å². The minimum absolute atomic E-state index is 0.00873. The third kappa shape index (κ3) is 1.69. The van der Waals surface area contributed by atoms with Crippen LogP contribution >= 0.6 is 0 Å². The lowest BCUT2D eigenvalue weighted by molar-refractivity contribution is -0.183. The van der Waals surface area contributed by atoms with Gasteiger partial charge in [0.25, 0.3) is 0 Å². The van der Waals surface area contributed by atoms with Crippen molar-refractivity contribution >= 4 is 11.8 Å². The van der Waals surface area contributed by atoms with Gasteiger partial charge in [-0.25, -0.2) is 0 Å². The highest BCUT2D eigenvalue weighted by Gasteiger charge is 2.65. The van der Waals surface area contributed by atoms with E-state index in [0.29, 0.717) is 32.3 Å². The maximum atomic E-state index is 12.3. The Labute approximate surface area is 108 Å². The Morgan fingerprint density at radius 2 is 1.94 bits per heavy atom. The van der Waals surface area contributed by atoms with Crippen LogP contribution < -0.4 is 0 Å². The quantitative estimate of drug-likeness (QED) is 0.781. The summed E-state index contributed by atoms with van der Waals surface area (Å²) in [5.41, 5.74) is -2.01. The molecular weight excluding hydrogens is 232 g/mol. The molecule has 2 aliphatic carbocycles. The molecule has 0 radical (unpaired) electrons. The summed E-state index contributed by atoms with van der Waals surface area (Å²) in [4.78, 5) is 24.0. The van der Waals surface area contributed by atoms with Crippen LogP contribution in [-0.4, -0.2) is 29.1 Å². The van der Waals surface area contributed by atoms with Gasteiger partial charge in [-0.2, -0.15) is 0 Å². The van der Waals surface area contributed by atoms with Crippen molar-refractivity contribution < 1.29 is 19.4 Å². The molecule has 0 unspecified atom stereocenters. The van der Waals surface area contributed by atoms with Crippen molar-refractivity contribution in [1.82, 2.24) is 0 Å². The zero-order valence-electron chi connectivity index (χ0n) is 11.2. The van der Waals surface area contributed by atoms with Crippen LogP contribution in [0.2, 0.25) is 0 Å². The molecule has 2 aliphatic rings. The van der Waals surface area contributed by atoms with Crippen LogP contribution in [0.5, 0.6) is 0 Å². The summed E-state index contributed by atoms with van der Waals surface area (Å²) < 4.78 is 5.17. The Bertz CT molecular complexity index is 365. The van der Waals surface area contributed by atoms with E-state index >= 15 is 0 Å². The van der Waals surface area contributed by atoms with Gasteiger partial charge in [-0.15, -0.1) is 0 Å². The Hall–Kier alpha value is -0.900. The van der Waals surface area contributed by atoms with Crippen molar-refractivity contribution in [3.05, 3.63) is 0 Å². The fourth-order valence-corrected chi connectivity index (χ4v) is 3.95. The molecule has 0 heterocycles. The fraction of sp³-hybridized carbons (Fsp3) is 0.857. The molecule has 0 amide bonds. The lowest BCUT2D eigenvalue weighted by atomic mass is 9.62. The van der Waals surface area contributed by atoms with Gasteiger partial charge in [-0.3, -0.25) is 9.59 Å². The summed E-state index contributed by atoms with van der Waals surface area (Å²) in [5.74, 6) is -0.719. The smallest absolute Gasteiger partial charge is 0.315 e. The molecule has 4 heteroatoms. The van der Waals surface area contributed by atoms with Crippen molar-refractivity contribution in [3.8, 4) is 0 Å². The zero-order chi connectivity index (χ0) is 13.4. The van der Waals surface area contributed by atoms with Crippen molar-refractivity contribution in [2.24, 2.45) is 11.3 Å². The van der Waals surface area contributed by atoms with E-state index in [1.165, 1.54) is 6.92 Å². The monoisotopic (exact) mass is 254 g/mol. The molecule has 0 aromatic carbocycles. The highest BCUT2D eigenvalue weighted by Crippen LogP contribution is 2.58. The van der Waals surface area contributed by atoms with Crippen molar-refractivity contribution in [2.45, 2.75) is 58.0 Å². The lowest BCUT2D eigenvalue weighted by Gasteiger charge is -2.46. The molecule has 18 heavy (non-hydrogen) atoms. The van der Waals surface area contributed by atoms with E-state index in [0.717, 1.165) is 12.8 Å². The molecule has 3 atom stereocenters. The molecular formula is C14H22O4. The van der Waals surface area contributed by atoms with Gasteiger partial charge in [0.15, 0.2) is 0 Å². The number of esters is 1. The SMILES string of the molecule is CCOC(=O)[C@@]12CCCC[C@]1(O)[C@@H](C(C)=O)CC2. The van der Waals surface area contributed by atoms with Gasteiger partial charge in [-0.1, -0.05) is 12.8 Å². The first-order chi connectivity index (χ1) is 8.48. The average Bonchev–Trinajstić information content (AvgIpc) is 2.63. The van der Waals surface area contributed by atoms with E-state index in [1.54, 1.807) is 6.92 Å². The van der Waals surface area contributed by atoms with Crippen LogP contribution in [0.3, 0.4) is 0 Å². The molecule has 0 saturated heterocycles. The highest BCUT2D eigenvalue weighted by molar-refractivity contribution is 5.85. The number of carbonyl (C=O) groups excluding carboxylic acids is 2. The summed E-state index contributed by atoms with van der Waals surface area (Å²) in [6.07, 6.45) is 4.16. The molecule has 0 spiro atoms. The van der Waals surface area contributed by atoms with E-state index < -0.39 is 16.9 Å². The molecule has 2 rings (SSSR count). The van der Waals surface area contributed by atoms with Crippen molar-refractivity contribution in [2.75, 3.05) is 6.61 Å². The van der Waals surface area contributed by atoms with E-state index in [4.69, 9.17) is 4.74 Å². The predicted octanol–water partition coefficient (Wildman–Crippen LogP) is 1.84. The average molecular weight is 254 g/mol. The number of hydrogen-bond acceptors (Lipinski definition) is 4. The number of ether oxygens (including phenoxy) is 1. The van der Waals surface area contributed by atoms with Gasteiger partial charge >= 0.3 is 5.97 Å². The van der Waals surface area contributed by atoms with Crippen LogP contribution in [0.1, 0.15) is 52.4 Å². The Morgan fingerprint density at radius 1 is 1.28 bits per heavy atom. The van der Waals surface area contributed by atoms with Gasteiger partial charge in [0.2, 0.25) is 0 Å². The number of Topliss-reactive ketones (excluding diaryl/α,β-unsaturated/α-hetero) is 1. The van der Waals surface area contributed by atoms with Crippen LogP contribution in [0.4, 0.5) is 0 Å². The minimum Gasteiger partial charge on any atom is -0.465 e. The number of rotatable bonds is 3. The number of ketones is 1. The summed E-state index contributed by atoms with van der Waals surface area (Å²) in [5, 5.41) is 11.0. The molecule has 0 aromatic heterocycles. The Morgan fingerprint density at radius 3 is 2.56 bits per heavy atom. The van der Waals surface area contributed by atoms with Gasteiger partial charge in [0, 0.05) is 5.92 Å². The lowest BCUT2D eigenvalue weighted by Crippen LogP contribution is -2.56. The second kappa shape index (κ2) is 4.65. The second-order valence-corrected chi connectivity index (χ2v) is 5.64. The molecule has 0 aliphatic heterocycles. The molecule has 0 aromatic rings. The number of carbonyl (C=O) groups is 2. The molecule has 102 valence electrons. The number of hydrogen-bond donors (Lipinski definition) is 1.